The summed E-state index contributed by atoms with van der Waals surface area (Å²) in [5.74, 6) is 0.754. The van der Waals surface area contributed by atoms with E-state index >= 15 is 0 Å². The summed E-state index contributed by atoms with van der Waals surface area (Å²) in [7, 11) is 0. The highest BCUT2D eigenvalue weighted by atomic mass is 32.2. The van der Waals surface area contributed by atoms with Gasteiger partial charge < -0.3 is 4.74 Å². The van der Waals surface area contributed by atoms with Crippen molar-refractivity contribution < 1.29 is 4.74 Å². The third-order valence-electron chi connectivity index (χ3n) is 2.66. The van der Waals surface area contributed by atoms with E-state index in [1.54, 1.807) is 11.8 Å². The van der Waals surface area contributed by atoms with Crippen LogP contribution in [0, 0.1) is 0 Å². The monoisotopic (exact) mass is 255 g/mol. The molecule has 0 aromatic heterocycles. The number of hydrogen-bond donors (Lipinski definition) is 0. The SMILES string of the molecule is c1ccc(SC2CN=C(c3ccccc3)O2)cc1. The second-order valence-electron chi connectivity index (χ2n) is 3.99. The van der Waals surface area contributed by atoms with E-state index in [-0.39, 0.29) is 5.44 Å². The van der Waals surface area contributed by atoms with Crippen LogP contribution in [-0.2, 0) is 4.74 Å². The Hall–Kier alpha value is -1.74. The van der Waals surface area contributed by atoms with E-state index in [9.17, 15) is 0 Å². The lowest BCUT2D eigenvalue weighted by Gasteiger charge is -2.10. The maximum Gasteiger partial charge on any atom is 0.217 e. The Morgan fingerprint density at radius 3 is 2.33 bits per heavy atom. The molecule has 0 radical (unpaired) electrons. The van der Waals surface area contributed by atoms with Crippen LogP contribution in [0.2, 0.25) is 0 Å². The van der Waals surface area contributed by atoms with Crippen LogP contribution in [0.15, 0.2) is 70.6 Å². The Balaban J connectivity index is 1.65. The molecule has 0 spiro atoms. The molecule has 1 heterocycles. The fourth-order valence-corrected chi connectivity index (χ4v) is 2.71. The number of hydrogen-bond acceptors (Lipinski definition) is 3. The fraction of sp³-hybridized carbons (Fsp3) is 0.133. The van der Waals surface area contributed by atoms with Gasteiger partial charge in [-0.25, -0.2) is 4.99 Å². The second-order valence-corrected chi connectivity index (χ2v) is 5.22. The lowest BCUT2D eigenvalue weighted by Crippen LogP contribution is -2.09. The summed E-state index contributed by atoms with van der Waals surface area (Å²) in [5, 5.41) is 0. The van der Waals surface area contributed by atoms with Crippen molar-refractivity contribution in [2.45, 2.75) is 10.3 Å². The topological polar surface area (TPSA) is 21.6 Å². The van der Waals surface area contributed by atoms with E-state index in [1.807, 2.05) is 48.5 Å². The highest BCUT2D eigenvalue weighted by molar-refractivity contribution is 7.99. The van der Waals surface area contributed by atoms with Crippen molar-refractivity contribution in [3.05, 3.63) is 66.2 Å². The van der Waals surface area contributed by atoms with Gasteiger partial charge in [0.1, 0.15) is 0 Å². The average Bonchev–Trinajstić information content (AvgIpc) is 2.89. The lowest BCUT2D eigenvalue weighted by atomic mass is 10.2. The molecule has 1 unspecified atom stereocenters. The number of nitrogens with zero attached hydrogens (tertiary/aromatic N) is 1. The van der Waals surface area contributed by atoms with Crippen LogP contribution in [0.5, 0.6) is 0 Å². The van der Waals surface area contributed by atoms with Crippen molar-refractivity contribution in [1.82, 2.24) is 0 Å². The van der Waals surface area contributed by atoms with Gasteiger partial charge in [-0.05, 0) is 24.3 Å². The van der Waals surface area contributed by atoms with Crippen molar-refractivity contribution in [3.8, 4) is 0 Å². The molecule has 0 amide bonds. The van der Waals surface area contributed by atoms with E-state index < -0.39 is 0 Å². The number of benzene rings is 2. The summed E-state index contributed by atoms with van der Waals surface area (Å²) < 4.78 is 5.86. The Kier molecular flexibility index (Phi) is 3.33. The molecule has 1 aliphatic rings. The number of aliphatic imine (C=N–C) groups is 1. The first-order chi connectivity index (χ1) is 8.92. The standard InChI is InChI=1S/C15H13NOS/c1-3-7-12(8-4-1)15-16-11-14(17-15)18-13-9-5-2-6-10-13/h1-10,14H,11H2. The van der Waals surface area contributed by atoms with Gasteiger partial charge in [0.2, 0.25) is 5.90 Å². The van der Waals surface area contributed by atoms with Crippen LogP contribution >= 0.6 is 11.8 Å². The molecule has 0 fully saturated rings. The van der Waals surface area contributed by atoms with E-state index in [1.165, 1.54) is 4.90 Å². The van der Waals surface area contributed by atoms with Gasteiger partial charge in [-0.1, -0.05) is 48.2 Å². The first kappa shape index (κ1) is 11.4. The van der Waals surface area contributed by atoms with Crippen molar-refractivity contribution in [1.29, 1.82) is 0 Å². The van der Waals surface area contributed by atoms with Gasteiger partial charge >= 0.3 is 0 Å². The fourth-order valence-electron chi connectivity index (χ4n) is 1.81. The van der Waals surface area contributed by atoms with Gasteiger partial charge in [0.05, 0.1) is 6.54 Å². The smallest absolute Gasteiger partial charge is 0.217 e. The number of thioether (sulfide) groups is 1. The molecule has 3 heteroatoms. The Bertz CT molecular complexity index is 539. The Morgan fingerprint density at radius 2 is 1.61 bits per heavy atom. The summed E-state index contributed by atoms with van der Waals surface area (Å²) in [6, 6.07) is 20.3. The van der Waals surface area contributed by atoms with Gasteiger partial charge in [0.15, 0.2) is 5.44 Å². The second kappa shape index (κ2) is 5.27. The van der Waals surface area contributed by atoms with E-state index in [2.05, 4.69) is 17.1 Å². The summed E-state index contributed by atoms with van der Waals surface area (Å²) in [6.07, 6.45) is 0. The lowest BCUT2D eigenvalue weighted by molar-refractivity contribution is 0.314. The predicted molar refractivity (Wildman–Crippen MR) is 75.0 cm³/mol. The highest BCUT2D eigenvalue weighted by Crippen LogP contribution is 2.28. The molecule has 2 aromatic carbocycles. The van der Waals surface area contributed by atoms with Crippen molar-refractivity contribution in [2.24, 2.45) is 4.99 Å². The van der Waals surface area contributed by atoms with Crippen LogP contribution in [0.3, 0.4) is 0 Å². The molecule has 0 aliphatic carbocycles. The molecule has 1 aliphatic heterocycles. The summed E-state index contributed by atoms with van der Waals surface area (Å²) in [6.45, 7) is 0.712. The predicted octanol–water partition coefficient (Wildman–Crippen LogP) is 3.58. The molecule has 3 rings (SSSR count). The molecule has 2 nitrogen and oxygen atoms in total. The zero-order valence-corrected chi connectivity index (χ0v) is 10.6. The third kappa shape index (κ3) is 2.57. The average molecular weight is 255 g/mol. The number of rotatable bonds is 3. The minimum absolute atomic E-state index is 0.0857. The molecule has 90 valence electrons. The molecular formula is C15H13NOS. The summed E-state index contributed by atoms with van der Waals surface area (Å²) >= 11 is 1.71. The van der Waals surface area contributed by atoms with Crippen molar-refractivity contribution >= 4 is 17.7 Å². The minimum Gasteiger partial charge on any atom is -0.461 e. The molecule has 0 saturated carbocycles. The largest absolute Gasteiger partial charge is 0.461 e. The normalized spacial score (nSPS) is 18.2. The number of ether oxygens (including phenoxy) is 1. The van der Waals surface area contributed by atoms with Crippen LogP contribution in [0.1, 0.15) is 5.56 Å². The van der Waals surface area contributed by atoms with Gasteiger partial charge in [0.25, 0.3) is 0 Å². The molecule has 0 saturated heterocycles. The summed E-state index contributed by atoms with van der Waals surface area (Å²) in [5.41, 5.74) is 1.14. The van der Waals surface area contributed by atoms with Crippen LogP contribution in [0.4, 0.5) is 0 Å². The van der Waals surface area contributed by atoms with E-state index in [4.69, 9.17) is 4.74 Å². The third-order valence-corrected chi connectivity index (χ3v) is 3.71. The van der Waals surface area contributed by atoms with Gasteiger partial charge in [-0.3, -0.25) is 0 Å². The van der Waals surface area contributed by atoms with Gasteiger partial charge in [-0.2, -0.15) is 0 Å². The van der Waals surface area contributed by atoms with Crippen LogP contribution in [0.25, 0.3) is 0 Å². The zero-order valence-electron chi connectivity index (χ0n) is 9.82. The molecule has 2 aromatic rings. The molecule has 1 atom stereocenters. The van der Waals surface area contributed by atoms with E-state index in [0.717, 1.165) is 11.5 Å². The molecule has 0 N–H and O–H groups in total. The first-order valence-corrected chi connectivity index (χ1v) is 6.78. The molecular weight excluding hydrogens is 242 g/mol. The minimum atomic E-state index is 0.0857. The van der Waals surface area contributed by atoms with Crippen molar-refractivity contribution in [2.75, 3.05) is 6.54 Å². The van der Waals surface area contributed by atoms with Crippen molar-refractivity contribution in [3.63, 3.8) is 0 Å². The van der Waals surface area contributed by atoms with Crippen LogP contribution < -0.4 is 0 Å². The summed E-state index contributed by atoms with van der Waals surface area (Å²) in [4.78, 5) is 5.67. The quantitative estimate of drug-likeness (QED) is 0.836. The molecule has 0 bridgehead atoms. The van der Waals surface area contributed by atoms with E-state index in [0.29, 0.717) is 6.54 Å². The maximum atomic E-state index is 5.86. The maximum absolute atomic E-state index is 5.86. The van der Waals surface area contributed by atoms with Crippen LogP contribution in [-0.4, -0.2) is 17.9 Å². The Morgan fingerprint density at radius 1 is 0.944 bits per heavy atom. The van der Waals surface area contributed by atoms with Gasteiger partial charge in [0, 0.05) is 10.5 Å². The van der Waals surface area contributed by atoms with Gasteiger partial charge in [-0.15, -0.1) is 0 Å². The highest BCUT2D eigenvalue weighted by Gasteiger charge is 2.21. The first-order valence-electron chi connectivity index (χ1n) is 5.90. The zero-order chi connectivity index (χ0) is 12.2. The Labute approximate surface area is 111 Å². The molecule has 18 heavy (non-hydrogen) atoms.